The number of esters is 1. The number of benzene rings is 1. The fraction of sp³-hybridized carbons (Fsp3) is 0.385. The van der Waals surface area contributed by atoms with Crippen molar-refractivity contribution in [2.24, 2.45) is 0 Å². The largest absolute Gasteiger partial charge is 0.508 e. The van der Waals surface area contributed by atoms with Gasteiger partial charge in [-0.25, -0.2) is 0 Å². The molecule has 0 saturated heterocycles. The van der Waals surface area contributed by atoms with Gasteiger partial charge in [-0.3, -0.25) is 9.59 Å². The third-order valence-electron chi connectivity index (χ3n) is 2.60. The molecule has 0 heterocycles. The highest BCUT2D eigenvalue weighted by molar-refractivity contribution is 6.00. The number of rotatable bonds is 5. The number of carboxylic acid groups (broad SMARTS) is 1. The molecular formula is C13H16O5. The second-order valence-corrected chi connectivity index (χ2v) is 4.02. The standard InChI is InChI=1S/C13H16O5/c1-3-8(2)18-13(17)11(12(15)16)9-4-6-10(14)7-5-9/h4-8,11,14H,3H2,1-2H3,(H,15,16). The molecule has 98 valence electrons. The number of aliphatic carboxylic acids is 1. The second kappa shape index (κ2) is 6.05. The van der Waals surface area contributed by atoms with Crippen LogP contribution in [0.5, 0.6) is 5.75 Å². The third-order valence-corrected chi connectivity index (χ3v) is 2.60. The minimum absolute atomic E-state index is 0.0122. The van der Waals surface area contributed by atoms with E-state index in [0.717, 1.165) is 0 Å². The lowest BCUT2D eigenvalue weighted by Crippen LogP contribution is -2.26. The highest BCUT2D eigenvalue weighted by Crippen LogP contribution is 2.21. The van der Waals surface area contributed by atoms with Crippen LogP contribution < -0.4 is 0 Å². The van der Waals surface area contributed by atoms with Gasteiger partial charge in [-0.2, -0.15) is 0 Å². The number of hydrogen-bond acceptors (Lipinski definition) is 4. The molecule has 0 aliphatic carbocycles. The van der Waals surface area contributed by atoms with Crippen molar-refractivity contribution in [2.45, 2.75) is 32.3 Å². The molecule has 2 unspecified atom stereocenters. The Balaban J connectivity index is 2.92. The van der Waals surface area contributed by atoms with Gasteiger partial charge in [0.1, 0.15) is 5.75 Å². The summed E-state index contributed by atoms with van der Waals surface area (Å²) in [5, 5.41) is 18.2. The maximum absolute atomic E-state index is 11.8. The molecule has 5 heteroatoms. The zero-order valence-corrected chi connectivity index (χ0v) is 10.3. The number of aromatic hydroxyl groups is 1. The van der Waals surface area contributed by atoms with Crippen molar-refractivity contribution < 1.29 is 24.5 Å². The van der Waals surface area contributed by atoms with E-state index in [0.29, 0.717) is 6.42 Å². The number of hydrogen-bond donors (Lipinski definition) is 2. The van der Waals surface area contributed by atoms with Crippen molar-refractivity contribution in [2.75, 3.05) is 0 Å². The summed E-state index contributed by atoms with van der Waals surface area (Å²) in [6.45, 7) is 3.54. The Bertz CT molecular complexity index is 424. The molecule has 0 saturated carbocycles. The van der Waals surface area contributed by atoms with Crippen LogP contribution in [-0.4, -0.2) is 28.3 Å². The van der Waals surface area contributed by atoms with Crippen LogP contribution in [0.2, 0.25) is 0 Å². The summed E-state index contributed by atoms with van der Waals surface area (Å²) < 4.78 is 5.03. The number of carbonyl (C=O) groups excluding carboxylic acids is 1. The van der Waals surface area contributed by atoms with Gasteiger partial charge in [0.15, 0.2) is 5.92 Å². The highest BCUT2D eigenvalue weighted by Gasteiger charge is 2.30. The van der Waals surface area contributed by atoms with Crippen LogP contribution in [0, 0.1) is 0 Å². The smallest absolute Gasteiger partial charge is 0.325 e. The Hall–Kier alpha value is -2.04. The van der Waals surface area contributed by atoms with Gasteiger partial charge in [-0.15, -0.1) is 0 Å². The summed E-state index contributed by atoms with van der Waals surface area (Å²) in [7, 11) is 0. The van der Waals surface area contributed by atoms with Crippen molar-refractivity contribution in [3.8, 4) is 5.75 Å². The molecule has 0 aliphatic heterocycles. The molecule has 18 heavy (non-hydrogen) atoms. The predicted octanol–water partition coefficient (Wildman–Crippen LogP) is 1.90. The quantitative estimate of drug-likeness (QED) is 0.617. The van der Waals surface area contributed by atoms with Crippen molar-refractivity contribution in [1.82, 2.24) is 0 Å². The summed E-state index contributed by atoms with van der Waals surface area (Å²) in [6, 6.07) is 5.46. The number of ether oxygens (including phenoxy) is 1. The van der Waals surface area contributed by atoms with Crippen LogP contribution in [0.1, 0.15) is 31.7 Å². The minimum atomic E-state index is -1.36. The van der Waals surface area contributed by atoms with E-state index in [2.05, 4.69) is 0 Å². The minimum Gasteiger partial charge on any atom is -0.508 e. The lowest BCUT2D eigenvalue weighted by molar-refractivity contribution is -0.157. The number of phenols is 1. The Kier molecular flexibility index (Phi) is 4.71. The average molecular weight is 252 g/mol. The van der Waals surface area contributed by atoms with Crippen LogP contribution >= 0.6 is 0 Å². The van der Waals surface area contributed by atoms with Crippen LogP contribution in [-0.2, 0) is 14.3 Å². The molecule has 0 aliphatic rings. The van der Waals surface area contributed by atoms with Crippen LogP contribution in [0.3, 0.4) is 0 Å². The molecule has 1 aromatic rings. The Labute approximate surface area is 105 Å². The van der Waals surface area contributed by atoms with Gasteiger partial charge in [0, 0.05) is 0 Å². The van der Waals surface area contributed by atoms with Gasteiger partial charge >= 0.3 is 11.9 Å². The van der Waals surface area contributed by atoms with Crippen LogP contribution in [0.15, 0.2) is 24.3 Å². The van der Waals surface area contributed by atoms with Crippen LogP contribution in [0.25, 0.3) is 0 Å². The zero-order valence-electron chi connectivity index (χ0n) is 10.3. The van der Waals surface area contributed by atoms with Gasteiger partial charge in [0.25, 0.3) is 0 Å². The molecule has 5 nitrogen and oxygen atoms in total. The molecule has 0 radical (unpaired) electrons. The third kappa shape index (κ3) is 3.48. The number of phenolic OH excluding ortho intramolecular Hbond substituents is 1. The average Bonchev–Trinajstić information content (AvgIpc) is 2.31. The predicted molar refractivity (Wildman–Crippen MR) is 64.3 cm³/mol. The van der Waals surface area contributed by atoms with Crippen molar-refractivity contribution in [1.29, 1.82) is 0 Å². The lowest BCUT2D eigenvalue weighted by Gasteiger charge is -2.16. The summed E-state index contributed by atoms with van der Waals surface area (Å²) in [4.78, 5) is 22.9. The first-order valence-corrected chi connectivity index (χ1v) is 5.68. The lowest BCUT2D eigenvalue weighted by atomic mass is 9.99. The molecule has 1 rings (SSSR count). The van der Waals surface area contributed by atoms with E-state index in [1.165, 1.54) is 24.3 Å². The van der Waals surface area contributed by atoms with Gasteiger partial charge in [0.05, 0.1) is 6.10 Å². The molecule has 0 spiro atoms. The summed E-state index contributed by atoms with van der Waals surface area (Å²) in [5.74, 6) is -3.41. The van der Waals surface area contributed by atoms with E-state index < -0.39 is 17.9 Å². The highest BCUT2D eigenvalue weighted by atomic mass is 16.5. The van der Waals surface area contributed by atoms with E-state index in [-0.39, 0.29) is 17.4 Å². The molecule has 2 N–H and O–H groups in total. The monoisotopic (exact) mass is 252 g/mol. The maximum atomic E-state index is 11.8. The van der Waals surface area contributed by atoms with E-state index in [1.807, 2.05) is 6.92 Å². The van der Waals surface area contributed by atoms with Gasteiger partial charge in [-0.05, 0) is 31.0 Å². The summed E-state index contributed by atoms with van der Waals surface area (Å²) in [5.41, 5.74) is 0.286. The van der Waals surface area contributed by atoms with Crippen molar-refractivity contribution in [3.63, 3.8) is 0 Å². The molecule has 0 amide bonds. The summed E-state index contributed by atoms with van der Waals surface area (Å²) >= 11 is 0. The number of carbonyl (C=O) groups is 2. The molecule has 0 aromatic heterocycles. The molecule has 0 fully saturated rings. The maximum Gasteiger partial charge on any atom is 0.325 e. The van der Waals surface area contributed by atoms with E-state index in [9.17, 15) is 9.59 Å². The Morgan fingerprint density at radius 3 is 2.28 bits per heavy atom. The summed E-state index contributed by atoms with van der Waals surface area (Å²) in [6.07, 6.45) is 0.296. The topological polar surface area (TPSA) is 83.8 Å². The molecule has 2 atom stereocenters. The van der Waals surface area contributed by atoms with E-state index in [1.54, 1.807) is 6.92 Å². The zero-order chi connectivity index (χ0) is 13.7. The first-order valence-electron chi connectivity index (χ1n) is 5.68. The van der Waals surface area contributed by atoms with Gasteiger partial charge in [0.2, 0.25) is 0 Å². The van der Waals surface area contributed by atoms with Crippen molar-refractivity contribution >= 4 is 11.9 Å². The number of carboxylic acids is 1. The van der Waals surface area contributed by atoms with Crippen molar-refractivity contribution in [3.05, 3.63) is 29.8 Å². The van der Waals surface area contributed by atoms with Gasteiger partial charge < -0.3 is 14.9 Å². The fourth-order valence-electron chi connectivity index (χ4n) is 1.40. The molecule has 1 aromatic carbocycles. The Morgan fingerprint density at radius 2 is 1.83 bits per heavy atom. The first-order chi connectivity index (χ1) is 8.45. The fourth-order valence-corrected chi connectivity index (χ4v) is 1.40. The van der Waals surface area contributed by atoms with E-state index in [4.69, 9.17) is 14.9 Å². The SMILES string of the molecule is CCC(C)OC(=O)C(C(=O)O)c1ccc(O)cc1. The van der Waals surface area contributed by atoms with Gasteiger partial charge in [-0.1, -0.05) is 19.1 Å². The molecular weight excluding hydrogens is 236 g/mol. The van der Waals surface area contributed by atoms with Crippen LogP contribution in [0.4, 0.5) is 0 Å². The molecule has 0 bridgehead atoms. The van der Waals surface area contributed by atoms with E-state index >= 15 is 0 Å². The normalized spacial score (nSPS) is 13.7. The Morgan fingerprint density at radius 1 is 1.28 bits per heavy atom. The second-order valence-electron chi connectivity index (χ2n) is 4.02. The first kappa shape index (κ1) is 14.0.